The van der Waals surface area contributed by atoms with Gasteiger partial charge in [0, 0.05) is 46.6 Å². The SMILES string of the molecule is COc1ccc(S(=O)(=O)Nc2ccc(Nc3cc(-c4ccc5c(ccn5CCCN5CCCC5)c4)ncn3)cc2)cc1. The summed E-state index contributed by atoms with van der Waals surface area (Å²) in [5, 5.41) is 4.47. The molecule has 1 aliphatic rings. The average molecular weight is 583 g/mol. The number of sulfonamides is 1. The number of benzene rings is 3. The number of nitrogens with zero attached hydrogens (tertiary/aromatic N) is 4. The first kappa shape index (κ1) is 27.7. The van der Waals surface area contributed by atoms with Crippen LogP contribution in [0, 0.1) is 0 Å². The van der Waals surface area contributed by atoms with E-state index in [1.165, 1.54) is 56.1 Å². The Bertz CT molecular complexity index is 1760. The highest BCUT2D eigenvalue weighted by Crippen LogP contribution is 2.27. The van der Waals surface area contributed by atoms with Crippen molar-refractivity contribution in [2.45, 2.75) is 30.7 Å². The van der Waals surface area contributed by atoms with E-state index >= 15 is 0 Å². The Kier molecular flexibility index (Phi) is 8.07. The number of anilines is 3. The van der Waals surface area contributed by atoms with Gasteiger partial charge in [0.2, 0.25) is 0 Å². The Morgan fingerprint density at radius 1 is 0.857 bits per heavy atom. The molecule has 0 atom stereocenters. The van der Waals surface area contributed by atoms with Gasteiger partial charge in [-0.25, -0.2) is 18.4 Å². The van der Waals surface area contributed by atoms with Crippen molar-refractivity contribution >= 4 is 38.1 Å². The third kappa shape index (κ3) is 6.40. The number of likely N-dealkylation sites (tertiary alicyclic amines) is 1. The molecule has 1 saturated heterocycles. The van der Waals surface area contributed by atoms with Crippen LogP contribution in [0.1, 0.15) is 19.3 Å². The van der Waals surface area contributed by atoms with Crippen LogP contribution in [-0.2, 0) is 16.6 Å². The van der Waals surface area contributed by atoms with Crippen LogP contribution in [0.3, 0.4) is 0 Å². The molecule has 216 valence electrons. The third-order valence-corrected chi connectivity index (χ3v) is 8.98. The van der Waals surface area contributed by atoms with Crippen molar-refractivity contribution in [3.05, 3.63) is 91.4 Å². The lowest BCUT2D eigenvalue weighted by atomic mass is 10.1. The number of fused-ring (bicyclic) bond motifs is 1. The van der Waals surface area contributed by atoms with Gasteiger partial charge in [0.1, 0.15) is 17.9 Å². The lowest BCUT2D eigenvalue weighted by Crippen LogP contribution is -2.21. The Labute approximate surface area is 246 Å². The zero-order chi connectivity index (χ0) is 28.9. The molecule has 42 heavy (non-hydrogen) atoms. The summed E-state index contributed by atoms with van der Waals surface area (Å²) < 4.78 is 35.5. The second-order valence-corrected chi connectivity index (χ2v) is 12.1. The zero-order valence-electron chi connectivity index (χ0n) is 23.5. The molecule has 0 aliphatic carbocycles. The molecule has 1 fully saturated rings. The Morgan fingerprint density at radius 3 is 2.38 bits per heavy atom. The number of hydrogen-bond donors (Lipinski definition) is 2. The highest BCUT2D eigenvalue weighted by molar-refractivity contribution is 7.92. The monoisotopic (exact) mass is 582 g/mol. The molecule has 3 aromatic carbocycles. The summed E-state index contributed by atoms with van der Waals surface area (Å²) in [7, 11) is -2.18. The molecule has 0 amide bonds. The van der Waals surface area contributed by atoms with Gasteiger partial charge in [-0.05, 0) is 106 Å². The highest BCUT2D eigenvalue weighted by Gasteiger charge is 2.15. The van der Waals surface area contributed by atoms with Crippen molar-refractivity contribution in [3.63, 3.8) is 0 Å². The predicted molar refractivity (Wildman–Crippen MR) is 167 cm³/mol. The first-order valence-electron chi connectivity index (χ1n) is 14.1. The van der Waals surface area contributed by atoms with E-state index in [2.05, 4.69) is 59.9 Å². The van der Waals surface area contributed by atoms with Crippen molar-refractivity contribution in [3.8, 4) is 17.0 Å². The molecule has 0 spiro atoms. The summed E-state index contributed by atoms with van der Waals surface area (Å²) in [5.41, 5.74) is 4.30. The number of aryl methyl sites for hydroxylation is 1. The maximum absolute atomic E-state index is 12.7. The summed E-state index contributed by atoms with van der Waals surface area (Å²) in [5.74, 6) is 1.24. The van der Waals surface area contributed by atoms with E-state index in [1.807, 2.05) is 6.07 Å². The number of nitrogens with one attached hydrogen (secondary N) is 2. The molecule has 0 saturated carbocycles. The van der Waals surface area contributed by atoms with Gasteiger partial charge in [-0.1, -0.05) is 6.07 Å². The molecule has 1 aliphatic heterocycles. The van der Waals surface area contributed by atoms with E-state index in [-0.39, 0.29) is 4.90 Å². The quantitative estimate of drug-likeness (QED) is 0.193. The molecule has 9 nitrogen and oxygen atoms in total. The maximum atomic E-state index is 12.7. The van der Waals surface area contributed by atoms with Crippen molar-refractivity contribution in [1.29, 1.82) is 0 Å². The minimum atomic E-state index is -3.72. The number of ether oxygens (including phenoxy) is 1. The van der Waals surface area contributed by atoms with E-state index in [1.54, 1.807) is 42.7 Å². The van der Waals surface area contributed by atoms with E-state index < -0.39 is 10.0 Å². The summed E-state index contributed by atoms with van der Waals surface area (Å²) in [6.07, 6.45) is 7.53. The molecule has 2 N–H and O–H groups in total. The first-order chi connectivity index (χ1) is 20.5. The lowest BCUT2D eigenvalue weighted by molar-refractivity contribution is 0.326. The number of aromatic nitrogens is 3. The predicted octanol–water partition coefficient (Wildman–Crippen LogP) is 6.14. The van der Waals surface area contributed by atoms with Crippen LogP contribution < -0.4 is 14.8 Å². The summed E-state index contributed by atoms with van der Waals surface area (Å²) in [6.45, 7) is 4.66. The standard InChI is InChI=1S/C32H34N6O3S/c1-41-28-10-12-29(13-11-28)42(39,40)36-27-8-6-26(7-9-27)35-32-22-30(33-23-34-32)24-5-14-31-25(21-24)15-20-38(31)19-4-18-37-16-2-3-17-37/h5-15,20-23,36H,2-4,16-19H2,1H3,(H,33,34,35). The average Bonchev–Trinajstić information content (AvgIpc) is 3.68. The van der Waals surface area contributed by atoms with Crippen LogP contribution in [0.5, 0.6) is 5.75 Å². The fourth-order valence-electron chi connectivity index (χ4n) is 5.35. The Balaban J connectivity index is 1.10. The molecule has 10 heteroatoms. The van der Waals surface area contributed by atoms with Crippen molar-refractivity contribution in [1.82, 2.24) is 19.4 Å². The van der Waals surface area contributed by atoms with E-state index in [4.69, 9.17) is 4.74 Å². The van der Waals surface area contributed by atoms with Gasteiger partial charge < -0.3 is 19.5 Å². The molecule has 3 heterocycles. The van der Waals surface area contributed by atoms with Gasteiger partial charge in [0.25, 0.3) is 10.0 Å². The van der Waals surface area contributed by atoms with E-state index in [9.17, 15) is 8.42 Å². The Hall–Kier alpha value is -4.41. The molecule has 0 radical (unpaired) electrons. The van der Waals surface area contributed by atoms with Crippen LogP contribution in [0.15, 0.2) is 96.3 Å². The van der Waals surface area contributed by atoms with Gasteiger partial charge in [0.05, 0.1) is 17.7 Å². The molecule has 5 aromatic rings. The Morgan fingerprint density at radius 2 is 1.62 bits per heavy atom. The summed E-state index contributed by atoms with van der Waals surface area (Å²) >= 11 is 0. The number of rotatable bonds is 11. The van der Waals surface area contributed by atoms with Gasteiger partial charge in [0.15, 0.2) is 0 Å². The highest BCUT2D eigenvalue weighted by atomic mass is 32.2. The third-order valence-electron chi connectivity index (χ3n) is 7.59. The van der Waals surface area contributed by atoms with Gasteiger partial charge in [-0.2, -0.15) is 0 Å². The molecule has 6 rings (SSSR count). The van der Waals surface area contributed by atoms with Crippen LogP contribution in [-0.4, -0.2) is 54.6 Å². The fourth-order valence-corrected chi connectivity index (χ4v) is 6.41. The summed E-state index contributed by atoms with van der Waals surface area (Å²) in [6, 6.07) is 23.8. The van der Waals surface area contributed by atoms with E-state index in [0.717, 1.165) is 36.5 Å². The molecule has 0 unspecified atom stereocenters. The van der Waals surface area contributed by atoms with Crippen molar-refractivity contribution in [2.75, 3.05) is 36.8 Å². The van der Waals surface area contributed by atoms with Crippen molar-refractivity contribution < 1.29 is 13.2 Å². The summed E-state index contributed by atoms with van der Waals surface area (Å²) in [4.78, 5) is 11.6. The molecular formula is C32H34N6O3S. The largest absolute Gasteiger partial charge is 0.497 e. The van der Waals surface area contributed by atoms with Crippen molar-refractivity contribution in [2.24, 2.45) is 0 Å². The normalized spacial score (nSPS) is 13.8. The maximum Gasteiger partial charge on any atom is 0.261 e. The number of hydrogen-bond acceptors (Lipinski definition) is 7. The topological polar surface area (TPSA) is 101 Å². The van der Waals surface area contributed by atoms with Crippen LogP contribution in [0.25, 0.3) is 22.2 Å². The molecule has 2 aromatic heterocycles. The first-order valence-corrected chi connectivity index (χ1v) is 15.6. The number of methoxy groups -OCH3 is 1. The van der Waals surface area contributed by atoms with Crippen LogP contribution >= 0.6 is 0 Å². The lowest BCUT2D eigenvalue weighted by Gasteiger charge is -2.14. The smallest absolute Gasteiger partial charge is 0.261 e. The van der Waals surface area contributed by atoms with Gasteiger partial charge in [-0.15, -0.1) is 0 Å². The van der Waals surface area contributed by atoms with Crippen LogP contribution in [0.4, 0.5) is 17.2 Å². The second kappa shape index (κ2) is 12.2. The minimum absolute atomic E-state index is 0.159. The second-order valence-electron chi connectivity index (χ2n) is 10.5. The molecule has 0 bridgehead atoms. The van der Waals surface area contributed by atoms with Gasteiger partial charge in [-0.3, -0.25) is 4.72 Å². The zero-order valence-corrected chi connectivity index (χ0v) is 24.3. The fraction of sp³-hybridized carbons (Fsp3) is 0.250. The van der Waals surface area contributed by atoms with Gasteiger partial charge >= 0.3 is 0 Å². The van der Waals surface area contributed by atoms with E-state index in [0.29, 0.717) is 17.3 Å². The van der Waals surface area contributed by atoms with Crippen LogP contribution in [0.2, 0.25) is 0 Å². The molecular weight excluding hydrogens is 548 g/mol. The minimum Gasteiger partial charge on any atom is -0.497 e.